The first-order chi connectivity index (χ1) is 8.35. The van der Waals surface area contributed by atoms with Gasteiger partial charge in [0.15, 0.2) is 0 Å². The molecule has 18 heavy (non-hydrogen) atoms. The van der Waals surface area contributed by atoms with Crippen molar-refractivity contribution in [1.29, 1.82) is 0 Å². The number of rotatable bonds is 4. The lowest BCUT2D eigenvalue weighted by Crippen LogP contribution is -2.32. The Kier molecular flexibility index (Phi) is 3.58. The van der Waals surface area contributed by atoms with Crippen molar-refractivity contribution < 1.29 is 5.21 Å². The Labute approximate surface area is 110 Å². The standard InChI is InChI=1S/C14H27N3O/c1-13(2,3)11-4-7-17(9-11)10-14(5-6-14)8-12(15)16-18/h11,18H,4-10H2,1-3H3,(H2,15,16). The van der Waals surface area contributed by atoms with Gasteiger partial charge >= 0.3 is 0 Å². The van der Waals surface area contributed by atoms with Crippen LogP contribution in [0.1, 0.15) is 46.5 Å². The lowest BCUT2D eigenvalue weighted by molar-refractivity contribution is 0.209. The van der Waals surface area contributed by atoms with Crippen LogP contribution in [0.2, 0.25) is 0 Å². The third kappa shape index (κ3) is 3.16. The summed E-state index contributed by atoms with van der Waals surface area (Å²) in [6.45, 7) is 10.6. The normalized spacial score (nSPS) is 28.6. The molecule has 0 aromatic carbocycles. The van der Waals surface area contributed by atoms with E-state index < -0.39 is 0 Å². The van der Waals surface area contributed by atoms with Gasteiger partial charge < -0.3 is 15.8 Å². The largest absolute Gasteiger partial charge is 0.409 e. The highest BCUT2D eigenvalue weighted by molar-refractivity contribution is 5.80. The van der Waals surface area contributed by atoms with E-state index in [1.807, 2.05) is 0 Å². The first kappa shape index (κ1) is 13.7. The summed E-state index contributed by atoms with van der Waals surface area (Å²) in [7, 11) is 0. The van der Waals surface area contributed by atoms with Crippen LogP contribution in [0.15, 0.2) is 5.16 Å². The van der Waals surface area contributed by atoms with Crippen molar-refractivity contribution in [2.45, 2.75) is 46.5 Å². The van der Waals surface area contributed by atoms with Crippen LogP contribution in [0.5, 0.6) is 0 Å². The second-order valence-electron chi connectivity index (χ2n) is 7.35. The van der Waals surface area contributed by atoms with Crippen molar-refractivity contribution in [2.75, 3.05) is 19.6 Å². The lowest BCUT2D eigenvalue weighted by atomic mass is 9.80. The van der Waals surface area contributed by atoms with E-state index in [1.165, 1.54) is 32.4 Å². The van der Waals surface area contributed by atoms with Crippen LogP contribution >= 0.6 is 0 Å². The third-order valence-corrected chi connectivity index (χ3v) is 4.70. The van der Waals surface area contributed by atoms with E-state index in [2.05, 4.69) is 30.8 Å². The molecular weight excluding hydrogens is 226 g/mol. The molecule has 104 valence electrons. The van der Waals surface area contributed by atoms with E-state index in [4.69, 9.17) is 10.9 Å². The van der Waals surface area contributed by atoms with E-state index in [0.29, 0.717) is 16.7 Å². The molecule has 0 aromatic heterocycles. The van der Waals surface area contributed by atoms with Crippen LogP contribution in [0.25, 0.3) is 0 Å². The Bertz CT molecular complexity index is 328. The Morgan fingerprint density at radius 3 is 2.56 bits per heavy atom. The molecule has 0 spiro atoms. The molecule has 0 radical (unpaired) electrons. The van der Waals surface area contributed by atoms with E-state index in [1.54, 1.807) is 0 Å². The van der Waals surface area contributed by atoms with Gasteiger partial charge in [0, 0.05) is 19.5 Å². The lowest BCUT2D eigenvalue weighted by Gasteiger charge is -2.28. The molecule has 2 rings (SSSR count). The molecule has 4 nitrogen and oxygen atoms in total. The van der Waals surface area contributed by atoms with Gasteiger partial charge in [-0.25, -0.2) is 0 Å². The van der Waals surface area contributed by atoms with Gasteiger partial charge in [-0.15, -0.1) is 0 Å². The number of likely N-dealkylation sites (tertiary alicyclic amines) is 1. The highest BCUT2D eigenvalue weighted by Crippen LogP contribution is 2.50. The highest BCUT2D eigenvalue weighted by Gasteiger charge is 2.46. The van der Waals surface area contributed by atoms with Gasteiger partial charge in [0.1, 0.15) is 5.84 Å². The van der Waals surface area contributed by atoms with Gasteiger partial charge in [-0.2, -0.15) is 0 Å². The predicted molar refractivity (Wildman–Crippen MR) is 73.7 cm³/mol. The summed E-state index contributed by atoms with van der Waals surface area (Å²) in [6.07, 6.45) is 4.50. The van der Waals surface area contributed by atoms with Gasteiger partial charge in [0.2, 0.25) is 0 Å². The van der Waals surface area contributed by atoms with E-state index in [-0.39, 0.29) is 0 Å². The fourth-order valence-electron chi connectivity index (χ4n) is 3.14. The third-order valence-electron chi connectivity index (χ3n) is 4.70. The smallest absolute Gasteiger partial charge is 0.139 e. The average Bonchev–Trinajstić information content (AvgIpc) is 2.84. The summed E-state index contributed by atoms with van der Waals surface area (Å²) in [5.41, 5.74) is 6.37. The topological polar surface area (TPSA) is 61.8 Å². The number of nitrogens with two attached hydrogens (primary N) is 1. The quantitative estimate of drug-likeness (QED) is 0.350. The maximum Gasteiger partial charge on any atom is 0.139 e. The Morgan fingerprint density at radius 2 is 2.11 bits per heavy atom. The maximum atomic E-state index is 8.68. The van der Waals surface area contributed by atoms with E-state index in [9.17, 15) is 0 Å². The van der Waals surface area contributed by atoms with Gasteiger partial charge in [0.25, 0.3) is 0 Å². The van der Waals surface area contributed by atoms with Crippen LogP contribution in [0.4, 0.5) is 0 Å². The second kappa shape index (κ2) is 4.72. The summed E-state index contributed by atoms with van der Waals surface area (Å²) in [5.74, 6) is 1.19. The maximum absolute atomic E-state index is 8.68. The number of amidine groups is 1. The first-order valence-corrected chi connectivity index (χ1v) is 7.03. The molecule has 1 heterocycles. The van der Waals surface area contributed by atoms with Crippen LogP contribution in [0, 0.1) is 16.7 Å². The fraction of sp³-hybridized carbons (Fsp3) is 0.929. The van der Waals surface area contributed by atoms with Gasteiger partial charge in [-0.3, -0.25) is 0 Å². The van der Waals surface area contributed by atoms with Crippen LogP contribution < -0.4 is 5.73 Å². The Balaban J connectivity index is 1.85. The summed E-state index contributed by atoms with van der Waals surface area (Å²) in [4.78, 5) is 2.58. The number of hydrogen-bond donors (Lipinski definition) is 2. The molecule has 1 aliphatic carbocycles. The molecule has 3 N–H and O–H groups in total. The first-order valence-electron chi connectivity index (χ1n) is 7.03. The zero-order valence-corrected chi connectivity index (χ0v) is 11.9. The summed E-state index contributed by atoms with van der Waals surface area (Å²) < 4.78 is 0. The summed E-state index contributed by atoms with van der Waals surface area (Å²) >= 11 is 0. The minimum absolute atomic E-state index is 0.309. The fourth-order valence-corrected chi connectivity index (χ4v) is 3.14. The van der Waals surface area contributed by atoms with Crippen molar-refractivity contribution in [3.8, 4) is 0 Å². The zero-order valence-electron chi connectivity index (χ0n) is 11.9. The Morgan fingerprint density at radius 1 is 1.44 bits per heavy atom. The van der Waals surface area contributed by atoms with Gasteiger partial charge in [-0.1, -0.05) is 25.9 Å². The van der Waals surface area contributed by atoms with E-state index >= 15 is 0 Å². The molecule has 1 unspecified atom stereocenters. The number of oxime groups is 1. The van der Waals surface area contributed by atoms with Gasteiger partial charge in [0.05, 0.1) is 0 Å². The number of nitrogens with zero attached hydrogens (tertiary/aromatic N) is 2. The molecule has 1 aliphatic heterocycles. The molecule has 0 bridgehead atoms. The van der Waals surface area contributed by atoms with Crippen LogP contribution in [-0.4, -0.2) is 35.6 Å². The number of hydrogen-bond acceptors (Lipinski definition) is 3. The molecule has 4 heteroatoms. The minimum Gasteiger partial charge on any atom is -0.409 e. The predicted octanol–water partition coefficient (Wildman–Crippen LogP) is 2.27. The molecule has 2 aliphatic rings. The molecule has 1 saturated heterocycles. The minimum atomic E-state index is 0.309. The SMILES string of the molecule is CC(C)(C)C1CCN(CC2(CC(N)=NO)CC2)C1. The van der Waals surface area contributed by atoms with Crippen molar-refractivity contribution in [3.05, 3.63) is 0 Å². The highest BCUT2D eigenvalue weighted by atomic mass is 16.4. The van der Waals surface area contributed by atoms with Crippen LogP contribution in [0.3, 0.4) is 0 Å². The van der Waals surface area contributed by atoms with Crippen molar-refractivity contribution in [1.82, 2.24) is 4.90 Å². The second-order valence-corrected chi connectivity index (χ2v) is 7.35. The van der Waals surface area contributed by atoms with Crippen molar-refractivity contribution in [2.24, 2.45) is 27.6 Å². The molecule has 2 fully saturated rings. The summed E-state index contributed by atoms with van der Waals surface area (Å²) in [5, 5.41) is 11.8. The van der Waals surface area contributed by atoms with E-state index in [0.717, 1.165) is 18.9 Å². The molecule has 0 aromatic rings. The zero-order chi connectivity index (χ0) is 13.4. The van der Waals surface area contributed by atoms with Crippen molar-refractivity contribution >= 4 is 5.84 Å². The van der Waals surface area contributed by atoms with Gasteiger partial charge in [-0.05, 0) is 42.6 Å². The molecular formula is C14H27N3O. The molecule has 1 saturated carbocycles. The monoisotopic (exact) mass is 253 g/mol. The molecule has 1 atom stereocenters. The van der Waals surface area contributed by atoms with Crippen LogP contribution in [-0.2, 0) is 0 Å². The average molecular weight is 253 g/mol. The molecule has 0 amide bonds. The van der Waals surface area contributed by atoms with Crippen molar-refractivity contribution in [3.63, 3.8) is 0 Å². The Hall–Kier alpha value is -0.770. The summed E-state index contributed by atoms with van der Waals surface area (Å²) in [6, 6.07) is 0.